The summed E-state index contributed by atoms with van der Waals surface area (Å²) in [5.74, 6) is -0.374. The SMILES string of the molecule is O=C(CSc1nnnn1-c1ccccc1)Nc1ccccc1[N+](=O)[O-]. The van der Waals surface area contributed by atoms with Crippen LogP contribution in [0, 0.1) is 10.1 Å². The molecule has 25 heavy (non-hydrogen) atoms. The van der Waals surface area contributed by atoms with Crippen molar-refractivity contribution in [3.8, 4) is 5.69 Å². The fraction of sp³-hybridized carbons (Fsp3) is 0.0667. The molecule has 0 saturated heterocycles. The first-order chi connectivity index (χ1) is 12.1. The van der Waals surface area contributed by atoms with E-state index in [1.54, 1.807) is 6.07 Å². The Hall–Kier alpha value is -3.27. The predicted molar refractivity (Wildman–Crippen MR) is 91.6 cm³/mol. The molecular weight excluding hydrogens is 344 g/mol. The van der Waals surface area contributed by atoms with Crippen molar-refractivity contribution in [1.82, 2.24) is 20.2 Å². The molecule has 0 fully saturated rings. The molecule has 3 aromatic rings. The molecule has 1 heterocycles. The van der Waals surface area contributed by atoms with E-state index in [0.29, 0.717) is 5.16 Å². The number of amides is 1. The Morgan fingerprint density at radius 1 is 1.16 bits per heavy atom. The van der Waals surface area contributed by atoms with E-state index < -0.39 is 4.92 Å². The van der Waals surface area contributed by atoms with Gasteiger partial charge < -0.3 is 5.32 Å². The normalized spacial score (nSPS) is 10.4. The molecule has 0 aliphatic carbocycles. The third-order valence-corrected chi connectivity index (χ3v) is 4.07. The topological polar surface area (TPSA) is 116 Å². The van der Waals surface area contributed by atoms with Crippen LogP contribution in [-0.4, -0.2) is 36.8 Å². The number of nitro benzene ring substituents is 1. The molecule has 126 valence electrons. The summed E-state index contributed by atoms with van der Waals surface area (Å²) in [5.41, 5.74) is 0.768. The monoisotopic (exact) mass is 356 g/mol. The van der Waals surface area contributed by atoms with Gasteiger partial charge in [-0.2, -0.15) is 4.68 Å². The highest BCUT2D eigenvalue weighted by molar-refractivity contribution is 7.99. The van der Waals surface area contributed by atoms with Crippen LogP contribution in [-0.2, 0) is 4.79 Å². The zero-order valence-electron chi connectivity index (χ0n) is 12.8. The zero-order valence-corrected chi connectivity index (χ0v) is 13.6. The van der Waals surface area contributed by atoms with Gasteiger partial charge in [-0.05, 0) is 28.6 Å². The van der Waals surface area contributed by atoms with Crippen LogP contribution < -0.4 is 5.32 Å². The molecule has 1 aromatic heterocycles. The van der Waals surface area contributed by atoms with Crippen LogP contribution in [0.15, 0.2) is 59.8 Å². The molecule has 0 aliphatic heterocycles. The highest BCUT2D eigenvalue weighted by atomic mass is 32.2. The maximum atomic E-state index is 12.1. The lowest BCUT2D eigenvalue weighted by Crippen LogP contribution is -2.15. The van der Waals surface area contributed by atoms with E-state index in [2.05, 4.69) is 20.8 Å². The number of nitrogens with one attached hydrogen (secondary N) is 1. The molecule has 1 amide bonds. The molecule has 0 spiro atoms. The van der Waals surface area contributed by atoms with Gasteiger partial charge in [0.2, 0.25) is 11.1 Å². The van der Waals surface area contributed by atoms with Gasteiger partial charge in [-0.3, -0.25) is 14.9 Å². The number of nitrogens with zero attached hydrogens (tertiary/aromatic N) is 5. The Morgan fingerprint density at radius 2 is 1.88 bits per heavy atom. The lowest BCUT2D eigenvalue weighted by Gasteiger charge is -2.06. The van der Waals surface area contributed by atoms with Crippen molar-refractivity contribution >= 4 is 29.0 Å². The van der Waals surface area contributed by atoms with Crippen molar-refractivity contribution in [2.75, 3.05) is 11.1 Å². The number of hydrogen-bond acceptors (Lipinski definition) is 7. The number of para-hydroxylation sites is 3. The summed E-state index contributed by atoms with van der Waals surface area (Å²) in [6.07, 6.45) is 0. The minimum absolute atomic E-state index is 0.0132. The van der Waals surface area contributed by atoms with Crippen molar-refractivity contribution < 1.29 is 9.72 Å². The Morgan fingerprint density at radius 3 is 2.64 bits per heavy atom. The van der Waals surface area contributed by atoms with E-state index >= 15 is 0 Å². The summed E-state index contributed by atoms with van der Waals surface area (Å²) in [7, 11) is 0. The Balaban J connectivity index is 1.67. The second kappa shape index (κ2) is 7.53. The maximum Gasteiger partial charge on any atom is 0.292 e. The van der Waals surface area contributed by atoms with E-state index in [1.807, 2.05) is 30.3 Å². The Labute approximate surface area is 146 Å². The predicted octanol–water partition coefficient (Wildman–Crippen LogP) is 2.30. The van der Waals surface area contributed by atoms with Crippen LogP contribution in [0.1, 0.15) is 0 Å². The lowest BCUT2D eigenvalue weighted by atomic mass is 10.2. The fourth-order valence-corrected chi connectivity index (χ4v) is 2.75. The number of nitro groups is 1. The van der Waals surface area contributed by atoms with Crippen LogP contribution in [0.5, 0.6) is 0 Å². The highest BCUT2D eigenvalue weighted by Gasteiger charge is 2.16. The molecule has 0 saturated carbocycles. The van der Waals surface area contributed by atoms with Crippen molar-refractivity contribution in [1.29, 1.82) is 0 Å². The van der Waals surface area contributed by atoms with Gasteiger partial charge in [0, 0.05) is 6.07 Å². The lowest BCUT2D eigenvalue weighted by molar-refractivity contribution is -0.383. The smallest absolute Gasteiger partial charge is 0.292 e. The number of aromatic nitrogens is 4. The van der Waals surface area contributed by atoms with Crippen LogP contribution in [0.2, 0.25) is 0 Å². The summed E-state index contributed by atoms with van der Waals surface area (Å²) >= 11 is 1.14. The molecule has 1 N–H and O–H groups in total. The largest absolute Gasteiger partial charge is 0.320 e. The highest BCUT2D eigenvalue weighted by Crippen LogP contribution is 2.24. The van der Waals surface area contributed by atoms with Gasteiger partial charge >= 0.3 is 0 Å². The van der Waals surface area contributed by atoms with Crippen LogP contribution in [0.4, 0.5) is 11.4 Å². The number of carbonyl (C=O) groups is 1. The standard InChI is InChI=1S/C15H12N6O3S/c22-14(16-12-8-4-5-9-13(12)21(23)24)10-25-15-17-18-19-20(15)11-6-2-1-3-7-11/h1-9H,10H2,(H,16,22). The first-order valence-electron chi connectivity index (χ1n) is 7.15. The first-order valence-corrected chi connectivity index (χ1v) is 8.13. The number of rotatable bonds is 6. The minimum Gasteiger partial charge on any atom is -0.320 e. The second-order valence-electron chi connectivity index (χ2n) is 4.82. The maximum absolute atomic E-state index is 12.1. The summed E-state index contributed by atoms with van der Waals surface area (Å²) in [6.45, 7) is 0. The summed E-state index contributed by atoms with van der Waals surface area (Å²) < 4.78 is 1.52. The number of anilines is 1. The third kappa shape index (κ3) is 3.98. The van der Waals surface area contributed by atoms with Gasteiger partial charge in [0.05, 0.1) is 16.4 Å². The molecule has 10 heteroatoms. The van der Waals surface area contributed by atoms with Crippen LogP contribution in [0.25, 0.3) is 5.69 Å². The number of thioether (sulfide) groups is 1. The van der Waals surface area contributed by atoms with Gasteiger partial charge in [-0.1, -0.05) is 42.1 Å². The number of carbonyl (C=O) groups excluding carboxylic acids is 1. The molecular formula is C15H12N6O3S. The summed E-state index contributed by atoms with van der Waals surface area (Å²) in [4.78, 5) is 22.5. The third-order valence-electron chi connectivity index (χ3n) is 3.15. The van der Waals surface area contributed by atoms with E-state index in [-0.39, 0.29) is 23.0 Å². The minimum atomic E-state index is -0.543. The van der Waals surface area contributed by atoms with Crippen LogP contribution in [0.3, 0.4) is 0 Å². The van der Waals surface area contributed by atoms with E-state index in [0.717, 1.165) is 17.4 Å². The van der Waals surface area contributed by atoms with Gasteiger partial charge in [0.15, 0.2) is 0 Å². The van der Waals surface area contributed by atoms with Gasteiger partial charge in [-0.15, -0.1) is 5.10 Å². The zero-order chi connectivity index (χ0) is 17.6. The molecule has 0 radical (unpaired) electrons. The average molecular weight is 356 g/mol. The summed E-state index contributed by atoms with van der Waals surface area (Å²) in [5, 5.41) is 25.4. The fourth-order valence-electron chi connectivity index (χ4n) is 2.06. The van der Waals surface area contributed by atoms with Gasteiger partial charge in [0.25, 0.3) is 5.69 Å². The summed E-state index contributed by atoms with van der Waals surface area (Å²) in [6, 6.07) is 15.2. The molecule has 9 nitrogen and oxygen atoms in total. The Bertz CT molecular complexity index is 899. The van der Waals surface area contributed by atoms with Crippen molar-refractivity contribution in [3.63, 3.8) is 0 Å². The molecule has 2 aromatic carbocycles. The van der Waals surface area contributed by atoms with Gasteiger partial charge in [-0.25, -0.2) is 0 Å². The van der Waals surface area contributed by atoms with Crippen molar-refractivity contribution in [2.24, 2.45) is 0 Å². The number of tetrazole rings is 1. The van der Waals surface area contributed by atoms with E-state index in [4.69, 9.17) is 0 Å². The van der Waals surface area contributed by atoms with Crippen LogP contribution >= 0.6 is 11.8 Å². The quantitative estimate of drug-likeness (QED) is 0.409. The number of benzene rings is 2. The molecule has 0 bridgehead atoms. The molecule has 0 aliphatic rings. The number of hydrogen-bond donors (Lipinski definition) is 1. The average Bonchev–Trinajstić information content (AvgIpc) is 3.09. The first kappa shape index (κ1) is 16.6. The van der Waals surface area contributed by atoms with E-state index in [9.17, 15) is 14.9 Å². The molecule has 0 atom stereocenters. The van der Waals surface area contributed by atoms with Crippen molar-refractivity contribution in [2.45, 2.75) is 5.16 Å². The molecule has 3 rings (SSSR count). The Kier molecular flexibility index (Phi) is 5.00. The van der Waals surface area contributed by atoms with Gasteiger partial charge in [0.1, 0.15) is 5.69 Å². The second-order valence-corrected chi connectivity index (χ2v) is 5.76. The van der Waals surface area contributed by atoms with E-state index in [1.165, 1.54) is 22.9 Å². The molecule has 0 unspecified atom stereocenters. The van der Waals surface area contributed by atoms with Crippen molar-refractivity contribution in [3.05, 3.63) is 64.7 Å².